The monoisotopic (exact) mass is 312 g/mol. The molecule has 21 heavy (non-hydrogen) atoms. The number of aryl methyl sites for hydroxylation is 2. The van der Waals surface area contributed by atoms with Gasteiger partial charge in [0.15, 0.2) is 0 Å². The summed E-state index contributed by atoms with van der Waals surface area (Å²) in [6.07, 6.45) is 2.80. The number of rotatable bonds is 5. The largest absolute Gasteiger partial charge is 0.384 e. The van der Waals surface area contributed by atoms with Gasteiger partial charge in [0.2, 0.25) is 10.0 Å². The minimum absolute atomic E-state index is 0.00278. The number of aromatic nitrogens is 3. The van der Waals surface area contributed by atoms with E-state index in [0.717, 1.165) is 0 Å². The molecule has 0 bridgehead atoms. The number of carbonyl (C=O) groups excluding carboxylic acids is 1. The number of hydrogen-bond acceptors (Lipinski definition) is 5. The predicted molar refractivity (Wildman–Crippen MR) is 75.6 cm³/mol. The Hall–Kier alpha value is -2.33. The van der Waals surface area contributed by atoms with Gasteiger partial charge in [-0.3, -0.25) is 9.48 Å². The molecule has 2 aromatic heterocycles. The molecule has 0 saturated heterocycles. The van der Waals surface area contributed by atoms with Crippen molar-refractivity contribution in [1.29, 1.82) is 0 Å². The lowest BCUT2D eigenvalue weighted by Gasteiger charge is -2.04. The van der Waals surface area contributed by atoms with Crippen molar-refractivity contribution in [3.05, 3.63) is 29.7 Å². The van der Waals surface area contributed by atoms with Crippen molar-refractivity contribution in [3.63, 3.8) is 0 Å². The second kappa shape index (κ2) is 5.22. The number of nitrogens with zero attached hydrogens (tertiary/aromatic N) is 3. The van der Waals surface area contributed by atoms with Gasteiger partial charge in [0.05, 0.1) is 6.20 Å². The van der Waals surface area contributed by atoms with Crippen molar-refractivity contribution in [1.82, 2.24) is 19.1 Å². The molecule has 2 heterocycles. The van der Waals surface area contributed by atoms with E-state index in [0.29, 0.717) is 11.4 Å². The van der Waals surface area contributed by atoms with Gasteiger partial charge in [-0.05, 0) is 6.07 Å². The Balaban J connectivity index is 2.21. The summed E-state index contributed by atoms with van der Waals surface area (Å²) in [6.45, 7) is 0.00278. The number of nitrogens with two attached hydrogens (primary N) is 2. The van der Waals surface area contributed by atoms with Crippen LogP contribution in [-0.2, 0) is 30.7 Å². The molecular formula is C11H16N6O3S. The third-order valence-electron chi connectivity index (χ3n) is 3.06. The number of amides is 1. The number of sulfonamides is 1. The highest BCUT2D eigenvalue weighted by molar-refractivity contribution is 7.89. The molecule has 0 saturated carbocycles. The zero-order chi connectivity index (χ0) is 15.8. The van der Waals surface area contributed by atoms with Crippen LogP contribution in [0.4, 0.5) is 5.82 Å². The van der Waals surface area contributed by atoms with Crippen molar-refractivity contribution in [2.24, 2.45) is 19.8 Å². The molecule has 0 aliphatic carbocycles. The molecule has 0 aliphatic rings. The maximum atomic E-state index is 12.2. The second-order valence-corrected chi connectivity index (χ2v) is 6.31. The predicted octanol–water partition coefficient (Wildman–Crippen LogP) is -1.08. The number of nitrogen functional groups attached to an aromatic ring is 1. The fourth-order valence-corrected chi connectivity index (χ4v) is 2.89. The zero-order valence-corrected chi connectivity index (χ0v) is 12.4. The first-order valence-corrected chi connectivity index (χ1v) is 7.43. The standard InChI is InChI=1S/C11H16N6O3S/c1-16-6-8(3-9(16)11(13)18)21(19,20)15-5-7-4-14-17(2)10(7)12/h3-4,6,15H,5,12H2,1-2H3,(H2,13,18). The van der Waals surface area contributed by atoms with E-state index in [9.17, 15) is 13.2 Å². The van der Waals surface area contributed by atoms with Crippen molar-refractivity contribution in [3.8, 4) is 0 Å². The van der Waals surface area contributed by atoms with Crippen molar-refractivity contribution in [2.75, 3.05) is 5.73 Å². The molecule has 5 N–H and O–H groups in total. The second-order valence-electron chi connectivity index (χ2n) is 4.54. The van der Waals surface area contributed by atoms with Gasteiger partial charge in [0.25, 0.3) is 5.91 Å². The van der Waals surface area contributed by atoms with Crippen LogP contribution in [0.15, 0.2) is 23.4 Å². The zero-order valence-electron chi connectivity index (χ0n) is 11.6. The van der Waals surface area contributed by atoms with Gasteiger partial charge in [-0.15, -0.1) is 0 Å². The molecule has 2 rings (SSSR count). The normalized spacial score (nSPS) is 11.7. The van der Waals surface area contributed by atoms with Crippen LogP contribution >= 0.6 is 0 Å². The van der Waals surface area contributed by atoms with Gasteiger partial charge in [0, 0.05) is 32.4 Å². The van der Waals surface area contributed by atoms with Crippen LogP contribution in [-0.4, -0.2) is 28.7 Å². The summed E-state index contributed by atoms with van der Waals surface area (Å²) in [6, 6.07) is 1.22. The van der Waals surface area contributed by atoms with Crippen LogP contribution in [0, 0.1) is 0 Å². The fourth-order valence-electron chi connectivity index (χ4n) is 1.81. The summed E-state index contributed by atoms with van der Waals surface area (Å²) >= 11 is 0. The molecule has 9 nitrogen and oxygen atoms in total. The summed E-state index contributed by atoms with van der Waals surface area (Å²) in [5.74, 6) is -0.320. The van der Waals surface area contributed by atoms with Gasteiger partial charge in [-0.1, -0.05) is 0 Å². The maximum Gasteiger partial charge on any atom is 0.265 e. The minimum Gasteiger partial charge on any atom is -0.384 e. The van der Waals surface area contributed by atoms with Crippen LogP contribution in [0.2, 0.25) is 0 Å². The highest BCUT2D eigenvalue weighted by atomic mass is 32.2. The molecule has 0 fully saturated rings. The van der Waals surface area contributed by atoms with E-state index in [1.54, 1.807) is 7.05 Å². The molecule has 2 aromatic rings. The highest BCUT2D eigenvalue weighted by Crippen LogP contribution is 2.15. The summed E-state index contributed by atoms with van der Waals surface area (Å²) in [5, 5.41) is 3.92. The SMILES string of the molecule is Cn1cc(S(=O)(=O)NCc2cnn(C)c2N)cc1C(N)=O. The van der Waals surface area contributed by atoms with E-state index >= 15 is 0 Å². The first-order valence-electron chi connectivity index (χ1n) is 5.94. The van der Waals surface area contributed by atoms with Gasteiger partial charge < -0.3 is 16.0 Å². The Morgan fingerprint density at radius 2 is 2.10 bits per heavy atom. The maximum absolute atomic E-state index is 12.2. The van der Waals surface area contributed by atoms with Crippen molar-refractivity contribution in [2.45, 2.75) is 11.4 Å². The molecule has 0 unspecified atom stereocenters. The summed E-state index contributed by atoms with van der Waals surface area (Å²) < 4.78 is 29.5. The van der Waals surface area contributed by atoms with E-state index in [-0.39, 0.29) is 17.1 Å². The number of carbonyl (C=O) groups is 1. The van der Waals surface area contributed by atoms with Crippen LogP contribution in [0.3, 0.4) is 0 Å². The molecule has 0 atom stereocenters. The van der Waals surface area contributed by atoms with Crippen LogP contribution in [0.5, 0.6) is 0 Å². The molecule has 1 amide bonds. The Morgan fingerprint density at radius 1 is 1.43 bits per heavy atom. The van der Waals surface area contributed by atoms with Gasteiger partial charge in [-0.25, -0.2) is 13.1 Å². The van der Waals surface area contributed by atoms with E-state index < -0.39 is 15.9 Å². The molecule has 0 aromatic carbocycles. The Bertz CT molecular complexity index is 789. The first kappa shape index (κ1) is 15.1. The summed E-state index contributed by atoms with van der Waals surface area (Å²) in [7, 11) is -0.576. The van der Waals surface area contributed by atoms with Crippen LogP contribution in [0.1, 0.15) is 16.1 Å². The average molecular weight is 312 g/mol. The molecule has 10 heteroatoms. The van der Waals surface area contributed by atoms with Crippen molar-refractivity contribution >= 4 is 21.7 Å². The Morgan fingerprint density at radius 3 is 2.57 bits per heavy atom. The lowest BCUT2D eigenvalue weighted by Crippen LogP contribution is -2.23. The molecule has 0 spiro atoms. The number of nitrogens with one attached hydrogen (secondary N) is 1. The van der Waals surface area contributed by atoms with Crippen LogP contribution in [0.25, 0.3) is 0 Å². The number of anilines is 1. The van der Waals surface area contributed by atoms with E-state index in [1.165, 1.54) is 34.8 Å². The molecule has 114 valence electrons. The quantitative estimate of drug-likeness (QED) is 0.644. The summed E-state index contributed by atoms with van der Waals surface area (Å²) in [4.78, 5) is 11.1. The lowest BCUT2D eigenvalue weighted by atomic mass is 10.3. The lowest BCUT2D eigenvalue weighted by molar-refractivity contribution is 0.0992. The molecular weight excluding hydrogens is 296 g/mol. The van der Waals surface area contributed by atoms with Gasteiger partial charge in [-0.2, -0.15) is 5.10 Å². The van der Waals surface area contributed by atoms with E-state index in [4.69, 9.17) is 11.5 Å². The smallest absolute Gasteiger partial charge is 0.265 e. The third-order valence-corrected chi connectivity index (χ3v) is 4.43. The number of hydrogen-bond donors (Lipinski definition) is 3. The van der Waals surface area contributed by atoms with E-state index in [1.807, 2.05) is 0 Å². The Kier molecular flexibility index (Phi) is 3.75. The topological polar surface area (TPSA) is 138 Å². The highest BCUT2D eigenvalue weighted by Gasteiger charge is 2.20. The third kappa shape index (κ3) is 2.90. The molecule has 0 radical (unpaired) electrons. The van der Waals surface area contributed by atoms with Gasteiger partial charge >= 0.3 is 0 Å². The summed E-state index contributed by atoms with van der Waals surface area (Å²) in [5.41, 5.74) is 11.6. The van der Waals surface area contributed by atoms with Crippen molar-refractivity contribution < 1.29 is 13.2 Å². The minimum atomic E-state index is -3.77. The fraction of sp³-hybridized carbons (Fsp3) is 0.273. The average Bonchev–Trinajstić information content (AvgIpc) is 2.93. The first-order chi connectivity index (χ1) is 9.72. The number of primary amides is 1. The van der Waals surface area contributed by atoms with E-state index in [2.05, 4.69) is 9.82 Å². The Labute approximate surface area is 121 Å². The molecule has 0 aliphatic heterocycles. The van der Waals surface area contributed by atoms with Crippen LogP contribution < -0.4 is 16.2 Å². The van der Waals surface area contributed by atoms with Gasteiger partial charge in [0.1, 0.15) is 16.4 Å².